The van der Waals surface area contributed by atoms with Gasteiger partial charge in [-0.3, -0.25) is 14.3 Å². The number of carbonyl (C=O) groups excluding carboxylic acids is 2. The molecule has 0 unspecified atom stereocenters. The van der Waals surface area contributed by atoms with Gasteiger partial charge in [0.25, 0.3) is 0 Å². The lowest BCUT2D eigenvalue weighted by molar-refractivity contribution is -0.124. The molecule has 0 spiro atoms. The van der Waals surface area contributed by atoms with Crippen LogP contribution in [0.4, 0.5) is 4.79 Å². The van der Waals surface area contributed by atoms with Crippen LogP contribution in [0.25, 0.3) is 16.9 Å². The summed E-state index contributed by atoms with van der Waals surface area (Å²) in [5.41, 5.74) is 5.58. The number of hydrogen-bond acceptors (Lipinski definition) is 4. The summed E-state index contributed by atoms with van der Waals surface area (Å²) in [6.45, 7) is 4.65. The fourth-order valence-electron chi connectivity index (χ4n) is 3.37. The number of thioether (sulfide) groups is 1. The van der Waals surface area contributed by atoms with Crippen LogP contribution < -0.4 is 5.32 Å². The molecule has 1 fully saturated rings. The molecule has 3 aromatic rings. The van der Waals surface area contributed by atoms with E-state index < -0.39 is 0 Å². The number of imidazole rings is 1. The fraction of sp³-hybridized carbons (Fsp3) is 0.227. The quantitative estimate of drug-likeness (QED) is 0.499. The molecule has 6 nitrogen and oxygen atoms in total. The maximum atomic E-state index is 11.8. The van der Waals surface area contributed by atoms with E-state index in [4.69, 9.17) is 0 Å². The third-order valence-corrected chi connectivity index (χ3v) is 6.03. The summed E-state index contributed by atoms with van der Waals surface area (Å²) < 4.78 is 2.16. The SMILES string of the molecule is Cc1cccc(-n2c(-c3ccccc3)cnc2SCCN2C(=O)CNC2=O)c1C. The molecule has 1 aromatic heterocycles. The molecule has 2 aromatic carbocycles. The van der Waals surface area contributed by atoms with E-state index in [1.54, 1.807) is 11.8 Å². The molecule has 0 bridgehead atoms. The van der Waals surface area contributed by atoms with Crippen LogP contribution in [0, 0.1) is 13.8 Å². The highest BCUT2D eigenvalue weighted by Crippen LogP contribution is 2.32. The van der Waals surface area contributed by atoms with E-state index in [1.165, 1.54) is 16.0 Å². The zero-order valence-corrected chi connectivity index (χ0v) is 17.2. The molecule has 3 amide bonds. The third kappa shape index (κ3) is 3.78. The van der Waals surface area contributed by atoms with E-state index in [0.29, 0.717) is 12.3 Å². The van der Waals surface area contributed by atoms with Crippen LogP contribution in [0.5, 0.6) is 0 Å². The van der Waals surface area contributed by atoms with Crippen LogP contribution in [-0.2, 0) is 4.79 Å². The number of rotatable bonds is 6. The third-order valence-electron chi connectivity index (χ3n) is 5.10. The van der Waals surface area contributed by atoms with Gasteiger partial charge in [0.2, 0.25) is 5.91 Å². The number of aryl methyl sites for hydroxylation is 1. The highest BCUT2D eigenvalue weighted by molar-refractivity contribution is 7.99. The Balaban J connectivity index is 1.67. The number of imide groups is 1. The van der Waals surface area contributed by atoms with E-state index in [0.717, 1.165) is 22.1 Å². The lowest BCUT2D eigenvalue weighted by Gasteiger charge is -2.16. The molecule has 0 radical (unpaired) electrons. The zero-order chi connectivity index (χ0) is 20.4. The molecule has 1 aliphatic heterocycles. The molecule has 1 saturated heterocycles. The summed E-state index contributed by atoms with van der Waals surface area (Å²) in [7, 11) is 0. The van der Waals surface area contributed by atoms with Crippen LogP contribution in [-0.4, -0.2) is 45.2 Å². The number of aromatic nitrogens is 2. The molecule has 0 saturated carbocycles. The Kier molecular flexibility index (Phi) is 5.40. The molecular formula is C22H22N4O2S. The molecule has 1 aliphatic rings. The standard InChI is InChI=1S/C22H22N4O2S/c1-15-7-6-10-18(16(15)2)26-19(17-8-4-3-5-9-17)13-24-22(26)29-12-11-25-20(27)14-23-21(25)28/h3-10,13H,11-12,14H2,1-2H3,(H,23,28). The lowest BCUT2D eigenvalue weighted by atomic mass is 10.1. The van der Waals surface area contributed by atoms with Gasteiger partial charge in [-0.25, -0.2) is 9.78 Å². The molecule has 2 heterocycles. The minimum atomic E-state index is -0.321. The maximum absolute atomic E-state index is 11.8. The van der Waals surface area contributed by atoms with Gasteiger partial charge in [0.1, 0.15) is 0 Å². The first kappa shape index (κ1) is 19.3. The van der Waals surface area contributed by atoms with Crippen LogP contribution in [0.3, 0.4) is 0 Å². The van der Waals surface area contributed by atoms with Gasteiger partial charge in [-0.15, -0.1) is 0 Å². The van der Waals surface area contributed by atoms with Gasteiger partial charge >= 0.3 is 6.03 Å². The second-order valence-corrected chi connectivity index (χ2v) is 7.96. The number of nitrogens with zero attached hydrogens (tertiary/aromatic N) is 3. The van der Waals surface area contributed by atoms with Gasteiger partial charge in [-0.05, 0) is 31.0 Å². The number of nitrogens with one attached hydrogen (secondary N) is 1. The number of amides is 3. The van der Waals surface area contributed by atoms with Crippen molar-refractivity contribution in [1.29, 1.82) is 0 Å². The number of benzene rings is 2. The molecule has 148 valence electrons. The van der Waals surface area contributed by atoms with Crippen LogP contribution >= 0.6 is 11.8 Å². The maximum Gasteiger partial charge on any atom is 0.324 e. The van der Waals surface area contributed by atoms with Gasteiger partial charge in [0.15, 0.2) is 5.16 Å². The van der Waals surface area contributed by atoms with Crippen molar-refractivity contribution in [1.82, 2.24) is 19.8 Å². The van der Waals surface area contributed by atoms with Crippen molar-refractivity contribution < 1.29 is 9.59 Å². The molecule has 0 atom stereocenters. The Hall–Kier alpha value is -3.06. The Labute approximate surface area is 173 Å². The van der Waals surface area contributed by atoms with E-state index in [1.807, 2.05) is 30.5 Å². The first-order valence-electron chi connectivity index (χ1n) is 9.47. The molecule has 0 aliphatic carbocycles. The van der Waals surface area contributed by atoms with Gasteiger partial charge in [0.05, 0.1) is 24.1 Å². The molecule has 1 N–H and O–H groups in total. The van der Waals surface area contributed by atoms with Gasteiger partial charge < -0.3 is 5.32 Å². The van der Waals surface area contributed by atoms with Crippen LogP contribution in [0.1, 0.15) is 11.1 Å². The highest BCUT2D eigenvalue weighted by Gasteiger charge is 2.28. The van der Waals surface area contributed by atoms with Crippen LogP contribution in [0.15, 0.2) is 59.9 Å². The Morgan fingerprint density at radius 2 is 1.86 bits per heavy atom. The Bertz CT molecular complexity index is 1050. The lowest BCUT2D eigenvalue weighted by Crippen LogP contribution is -2.32. The summed E-state index contributed by atoms with van der Waals surface area (Å²) >= 11 is 1.54. The summed E-state index contributed by atoms with van der Waals surface area (Å²) in [4.78, 5) is 29.5. The van der Waals surface area contributed by atoms with E-state index in [9.17, 15) is 9.59 Å². The second-order valence-electron chi connectivity index (χ2n) is 6.90. The van der Waals surface area contributed by atoms with Gasteiger partial charge in [-0.1, -0.05) is 54.2 Å². The van der Waals surface area contributed by atoms with Crippen molar-refractivity contribution in [2.24, 2.45) is 0 Å². The number of hydrogen-bond donors (Lipinski definition) is 1. The fourth-order valence-corrected chi connectivity index (χ4v) is 4.28. The van der Waals surface area contributed by atoms with Crippen LogP contribution in [0.2, 0.25) is 0 Å². The molecule has 4 rings (SSSR count). The minimum Gasteiger partial charge on any atom is -0.329 e. The van der Waals surface area contributed by atoms with Crippen molar-refractivity contribution in [3.05, 3.63) is 65.9 Å². The average molecular weight is 407 g/mol. The molecule has 7 heteroatoms. The van der Waals surface area contributed by atoms with Crippen molar-refractivity contribution in [2.45, 2.75) is 19.0 Å². The Morgan fingerprint density at radius 1 is 1.07 bits per heavy atom. The highest BCUT2D eigenvalue weighted by atomic mass is 32.2. The van der Waals surface area contributed by atoms with Crippen molar-refractivity contribution in [3.63, 3.8) is 0 Å². The first-order chi connectivity index (χ1) is 14.1. The predicted molar refractivity (Wildman–Crippen MR) is 114 cm³/mol. The van der Waals surface area contributed by atoms with Gasteiger partial charge in [-0.2, -0.15) is 0 Å². The zero-order valence-electron chi connectivity index (χ0n) is 16.4. The monoisotopic (exact) mass is 406 g/mol. The van der Waals surface area contributed by atoms with Crippen molar-refractivity contribution >= 4 is 23.7 Å². The summed E-state index contributed by atoms with van der Waals surface area (Å²) in [6.07, 6.45) is 1.88. The van der Waals surface area contributed by atoms with Crippen molar-refractivity contribution in [3.8, 4) is 16.9 Å². The summed E-state index contributed by atoms with van der Waals surface area (Å²) in [6, 6.07) is 16.1. The van der Waals surface area contributed by atoms with Gasteiger partial charge in [0, 0.05) is 17.9 Å². The van der Waals surface area contributed by atoms with E-state index in [-0.39, 0.29) is 18.5 Å². The normalized spacial score (nSPS) is 13.8. The van der Waals surface area contributed by atoms with E-state index >= 15 is 0 Å². The summed E-state index contributed by atoms with van der Waals surface area (Å²) in [5.74, 6) is 0.397. The average Bonchev–Trinajstić information content (AvgIpc) is 3.29. The second kappa shape index (κ2) is 8.13. The topological polar surface area (TPSA) is 67.2 Å². The summed E-state index contributed by atoms with van der Waals surface area (Å²) in [5, 5.41) is 3.39. The minimum absolute atomic E-state index is 0.0821. The molecule has 29 heavy (non-hydrogen) atoms. The number of urea groups is 1. The van der Waals surface area contributed by atoms with E-state index in [2.05, 4.69) is 53.0 Å². The predicted octanol–water partition coefficient (Wildman–Crippen LogP) is 3.80. The smallest absolute Gasteiger partial charge is 0.324 e. The molecular weight excluding hydrogens is 384 g/mol. The number of carbonyl (C=O) groups is 2. The Morgan fingerprint density at radius 3 is 2.59 bits per heavy atom. The van der Waals surface area contributed by atoms with Crippen molar-refractivity contribution in [2.75, 3.05) is 18.8 Å². The largest absolute Gasteiger partial charge is 0.329 e. The first-order valence-corrected chi connectivity index (χ1v) is 10.5.